The molecule has 2 aromatic rings. The lowest BCUT2D eigenvalue weighted by atomic mass is 10.0. The Bertz CT molecular complexity index is 707. The second-order valence-electron chi connectivity index (χ2n) is 4.17. The monoisotopic (exact) mass is 283 g/mol. The van der Waals surface area contributed by atoms with Crippen LogP contribution in [0.4, 0.5) is 0 Å². The van der Waals surface area contributed by atoms with Gasteiger partial charge in [0.2, 0.25) is 5.78 Å². The molecule has 20 heavy (non-hydrogen) atoms. The highest BCUT2D eigenvalue weighted by Gasteiger charge is 2.16. The van der Waals surface area contributed by atoms with Crippen LogP contribution >= 0.6 is 11.3 Å². The Morgan fingerprint density at radius 1 is 1.35 bits per heavy atom. The molecule has 1 aromatic carbocycles. The van der Waals surface area contributed by atoms with E-state index in [1.54, 1.807) is 19.3 Å². The molecule has 0 radical (unpaired) electrons. The number of methoxy groups -OCH3 is 1. The van der Waals surface area contributed by atoms with Crippen LogP contribution in [0.15, 0.2) is 41.3 Å². The zero-order chi connectivity index (χ0) is 14.5. The first-order valence-electron chi connectivity index (χ1n) is 6.01. The van der Waals surface area contributed by atoms with Crippen LogP contribution in [0.1, 0.15) is 20.8 Å². The number of hydrogen-bond acceptors (Lipinski definition) is 4. The summed E-state index contributed by atoms with van der Waals surface area (Å²) in [5.74, 6) is 0.391. The number of nitriles is 1. The summed E-state index contributed by atoms with van der Waals surface area (Å²) in [5.41, 5.74) is 1.72. The van der Waals surface area contributed by atoms with E-state index in [1.165, 1.54) is 11.3 Å². The van der Waals surface area contributed by atoms with E-state index in [9.17, 15) is 10.1 Å². The summed E-state index contributed by atoms with van der Waals surface area (Å²) in [6, 6.07) is 11.1. The fourth-order valence-corrected chi connectivity index (χ4v) is 2.70. The number of allylic oxidation sites excluding steroid dienone is 1. The minimum atomic E-state index is -0.245. The quantitative estimate of drug-likeness (QED) is 0.486. The van der Waals surface area contributed by atoms with E-state index in [0.717, 1.165) is 5.56 Å². The molecule has 0 aliphatic heterocycles. The molecule has 0 aliphatic rings. The molecular formula is C16H13NO2S. The van der Waals surface area contributed by atoms with Crippen molar-refractivity contribution in [3.8, 4) is 11.8 Å². The van der Waals surface area contributed by atoms with Gasteiger partial charge in [-0.3, -0.25) is 4.79 Å². The van der Waals surface area contributed by atoms with Crippen LogP contribution in [0.5, 0.6) is 5.75 Å². The van der Waals surface area contributed by atoms with Gasteiger partial charge in [-0.25, -0.2) is 0 Å². The normalized spacial score (nSPS) is 10.9. The SMILES string of the molecule is COc1ccccc1C=C(C#N)C(=O)c1sccc1C. The number of aryl methyl sites for hydroxylation is 1. The third-order valence-electron chi connectivity index (χ3n) is 2.87. The second-order valence-corrected chi connectivity index (χ2v) is 5.09. The van der Waals surface area contributed by atoms with Gasteiger partial charge in [0.25, 0.3) is 0 Å². The van der Waals surface area contributed by atoms with Crippen LogP contribution in [-0.2, 0) is 0 Å². The van der Waals surface area contributed by atoms with Crippen molar-refractivity contribution in [3.05, 3.63) is 57.3 Å². The van der Waals surface area contributed by atoms with Gasteiger partial charge in [-0.05, 0) is 36.1 Å². The molecule has 0 spiro atoms. The fourth-order valence-electron chi connectivity index (χ4n) is 1.82. The Morgan fingerprint density at radius 3 is 2.70 bits per heavy atom. The minimum absolute atomic E-state index is 0.111. The van der Waals surface area contributed by atoms with Crippen LogP contribution in [0.25, 0.3) is 6.08 Å². The van der Waals surface area contributed by atoms with Crippen molar-refractivity contribution in [3.63, 3.8) is 0 Å². The molecule has 0 unspecified atom stereocenters. The van der Waals surface area contributed by atoms with Gasteiger partial charge in [0.1, 0.15) is 17.4 Å². The first-order valence-corrected chi connectivity index (χ1v) is 6.89. The number of rotatable bonds is 4. The molecule has 0 saturated carbocycles. The largest absolute Gasteiger partial charge is 0.496 e. The molecule has 0 N–H and O–H groups in total. The Kier molecular flexibility index (Phi) is 4.34. The topological polar surface area (TPSA) is 50.1 Å². The van der Waals surface area contributed by atoms with Gasteiger partial charge < -0.3 is 4.74 Å². The van der Waals surface area contributed by atoms with Crippen molar-refractivity contribution in [1.29, 1.82) is 5.26 Å². The summed E-state index contributed by atoms with van der Waals surface area (Å²) in [6.07, 6.45) is 1.57. The van der Waals surface area contributed by atoms with Gasteiger partial charge in [0.15, 0.2) is 0 Å². The zero-order valence-electron chi connectivity index (χ0n) is 11.2. The summed E-state index contributed by atoms with van der Waals surface area (Å²) >= 11 is 1.35. The molecule has 0 atom stereocenters. The van der Waals surface area contributed by atoms with Gasteiger partial charge in [-0.2, -0.15) is 5.26 Å². The van der Waals surface area contributed by atoms with Gasteiger partial charge in [-0.1, -0.05) is 18.2 Å². The summed E-state index contributed by atoms with van der Waals surface area (Å²) < 4.78 is 5.22. The summed E-state index contributed by atoms with van der Waals surface area (Å²) in [4.78, 5) is 12.9. The number of carbonyl (C=O) groups is 1. The molecule has 1 aromatic heterocycles. The Labute approximate surface area is 121 Å². The highest BCUT2D eigenvalue weighted by Crippen LogP contribution is 2.24. The molecule has 100 valence electrons. The first kappa shape index (κ1) is 14.0. The number of benzene rings is 1. The molecular weight excluding hydrogens is 270 g/mol. The molecule has 2 rings (SSSR count). The van der Waals surface area contributed by atoms with E-state index < -0.39 is 0 Å². The first-order chi connectivity index (χ1) is 9.67. The van der Waals surface area contributed by atoms with Crippen LogP contribution in [-0.4, -0.2) is 12.9 Å². The smallest absolute Gasteiger partial charge is 0.213 e. The number of ketones is 1. The number of nitrogens with zero attached hydrogens (tertiary/aromatic N) is 1. The summed E-state index contributed by atoms with van der Waals surface area (Å²) in [7, 11) is 1.56. The van der Waals surface area contributed by atoms with Crippen molar-refractivity contribution in [2.24, 2.45) is 0 Å². The van der Waals surface area contributed by atoms with Crippen molar-refractivity contribution in [1.82, 2.24) is 0 Å². The lowest BCUT2D eigenvalue weighted by molar-refractivity contribution is 0.104. The number of hydrogen-bond donors (Lipinski definition) is 0. The molecule has 1 heterocycles. The fraction of sp³-hybridized carbons (Fsp3) is 0.125. The van der Waals surface area contributed by atoms with Crippen molar-refractivity contribution in [2.75, 3.05) is 7.11 Å². The zero-order valence-corrected chi connectivity index (χ0v) is 12.0. The van der Waals surface area contributed by atoms with E-state index in [0.29, 0.717) is 16.2 Å². The number of para-hydroxylation sites is 1. The van der Waals surface area contributed by atoms with E-state index in [4.69, 9.17) is 4.74 Å². The Hall–Kier alpha value is -2.38. The van der Waals surface area contributed by atoms with Crippen molar-refractivity contribution < 1.29 is 9.53 Å². The highest BCUT2D eigenvalue weighted by atomic mass is 32.1. The molecule has 0 aliphatic carbocycles. The minimum Gasteiger partial charge on any atom is -0.496 e. The van der Waals surface area contributed by atoms with E-state index in [2.05, 4.69) is 0 Å². The summed E-state index contributed by atoms with van der Waals surface area (Å²) in [5, 5.41) is 11.1. The van der Waals surface area contributed by atoms with E-state index >= 15 is 0 Å². The second kappa shape index (κ2) is 6.18. The van der Waals surface area contributed by atoms with Gasteiger partial charge in [-0.15, -0.1) is 11.3 Å². The highest BCUT2D eigenvalue weighted by molar-refractivity contribution is 7.12. The predicted octanol–water partition coefficient (Wildman–Crippen LogP) is 3.86. The van der Waals surface area contributed by atoms with Crippen LogP contribution < -0.4 is 4.74 Å². The van der Waals surface area contributed by atoms with Gasteiger partial charge >= 0.3 is 0 Å². The number of Topliss-reactive ketones (excluding diaryl/α,β-unsaturated/α-hetero) is 1. The third kappa shape index (κ3) is 2.79. The van der Waals surface area contributed by atoms with Crippen LogP contribution in [0.3, 0.4) is 0 Å². The third-order valence-corrected chi connectivity index (χ3v) is 3.89. The lowest BCUT2D eigenvalue weighted by Crippen LogP contribution is -2.01. The molecule has 0 saturated heterocycles. The van der Waals surface area contributed by atoms with E-state index in [-0.39, 0.29) is 11.4 Å². The Balaban J connectivity index is 2.43. The van der Waals surface area contributed by atoms with E-state index in [1.807, 2.05) is 42.6 Å². The average molecular weight is 283 g/mol. The number of carbonyl (C=O) groups excluding carboxylic acids is 1. The van der Waals surface area contributed by atoms with Crippen molar-refractivity contribution in [2.45, 2.75) is 6.92 Å². The van der Waals surface area contributed by atoms with Crippen LogP contribution in [0, 0.1) is 18.3 Å². The molecule has 0 fully saturated rings. The molecule has 4 heteroatoms. The maximum Gasteiger partial charge on any atom is 0.213 e. The van der Waals surface area contributed by atoms with Gasteiger partial charge in [0.05, 0.1) is 12.0 Å². The average Bonchev–Trinajstić information content (AvgIpc) is 2.90. The Morgan fingerprint density at radius 2 is 2.10 bits per heavy atom. The lowest BCUT2D eigenvalue weighted by Gasteiger charge is -2.04. The standard InChI is InChI=1S/C16H13NO2S/c1-11-7-8-20-16(11)15(18)13(10-17)9-12-5-3-4-6-14(12)19-2/h3-9H,1-2H3. The maximum atomic E-state index is 12.3. The predicted molar refractivity (Wildman–Crippen MR) is 80.0 cm³/mol. The number of thiophene rings is 1. The van der Waals surface area contributed by atoms with Gasteiger partial charge in [0, 0.05) is 5.56 Å². The number of ether oxygens (including phenoxy) is 1. The molecule has 3 nitrogen and oxygen atoms in total. The maximum absolute atomic E-state index is 12.3. The van der Waals surface area contributed by atoms with Crippen molar-refractivity contribution >= 4 is 23.2 Å². The van der Waals surface area contributed by atoms with Crippen LogP contribution in [0.2, 0.25) is 0 Å². The summed E-state index contributed by atoms with van der Waals surface area (Å²) in [6.45, 7) is 1.86. The molecule has 0 amide bonds. The molecule has 0 bridgehead atoms.